The number of rotatable bonds is 11. The van der Waals surface area contributed by atoms with Crippen molar-refractivity contribution in [1.82, 2.24) is 0 Å². The van der Waals surface area contributed by atoms with Crippen molar-refractivity contribution < 1.29 is 36.2 Å². The first-order chi connectivity index (χ1) is 18.8. The molecule has 0 N–H and O–H groups in total. The highest BCUT2D eigenvalue weighted by atomic mass is 19.2. The van der Waals surface area contributed by atoms with E-state index in [1.807, 2.05) is 6.92 Å². The van der Waals surface area contributed by atoms with Crippen LogP contribution in [0.2, 0.25) is 0 Å². The smallest absolute Gasteiger partial charge is 0.204 e. The highest BCUT2D eigenvalue weighted by Crippen LogP contribution is 2.39. The van der Waals surface area contributed by atoms with E-state index in [2.05, 4.69) is 0 Å². The summed E-state index contributed by atoms with van der Waals surface area (Å²) < 4.78 is 88.6. The number of benzene rings is 3. The molecule has 1 aliphatic carbocycles. The fourth-order valence-corrected chi connectivity index (χ4v) is 4.94. The molecule has 0 spiro atoms. The van der Waals surface area contributed by atoms with Gasteiger partial charge in [0.15, 0.2) is 23.1 Å². The molecule has 0 radical (unpaired) electrons. The molecule has 0 aliphatic heterocycles. The highest BCUT2D eigenvalue weighted by Gasteiger charge is 2.25. The molecule has 0 aromatic heterocycles. The van der Waals surface area contributed by atoms with E-state index in [0.717, 1.165) is 44.1 Å². The molecule has 3 aromatic carbocycles. The van der Waals surface area contributed by atoms with Crippen LogP contribution in [-0.2, 0) is 0 Å². The van der Waals surface area contributed by atoms with Crippen molar-refractivity contribution in [1.29, 1.82) is 0 Å². The summed E-state index contributed by atoms with van der Waals surface area (Å²) in [5.41, 5.74) is 0.607. The van der Waals surface area contributed by atoms with Crippen molar-refractivity contribution in [3.63, 3.8) is 0 Å². The van der Waals surface area contributed by atoms with E-state index < -0.39 is 29.1 Å². The maximum atomic E-state index is 15.0. The van der Waals surface area contributed by atoms with Gasteiger partial charge in [-0.15, -0.1) is 0 Å². The second-order valence-electron chi connectivity index (χ2n) is 9.83. The van der Waals surface area contributed by atoms with Gasteiger partial charge in [-0.3, -0.25) is 0 Å². The Labute approximate surface area is 225 Å². The first kappa shape index (κ1) is 28.7. The molecular formula is C31H33F5O3. The monoisotopic (exact) mass is 548 g/mol. The van der Waals surface area contributed by atoms with E-state index in [9.17, 15) is 17.6 Å². The molecule has 39 heavy (non-hydrogen) atoms. The molecule has 8 heteroatoms. The Kier molecular flexibility index (Phi) is 9.70. The lowest BCUT2D eigenvalue weighted by atomic mass is 9.78. The summed E-state index contributed by atoms with van der Waals surface area (Å²) in [5, 5.41) is 0. The zero-order chi connectivity index (χ0) is 27.9. The number of hydrogen-bond acceptors (Lipinski definition) is 3. The predicted octanol–water partition coefficient (Wildman–Crippen LogP) is 8.98. The summed E-state index contributed by atoms with van der Waals surface area (Å²) in [5.74, 6) is -5.26. The van der Waals surface area contributed by atoms with Crippen LogP contribution < -0.4 is 14.2 Å². The molecular weight excluding hydrogens is 515 g/mol. The molecule has 0 amide bonds. The Hall–Kier alpha value is -3.29. The van der Waals surface area contributed by atoms with Gasteiger partial charge in [0, 0.05) is 11.1 Å². The van der Waals surface area contributed by atoms with E-state index in [1.165, 1.54) is 36.4 Å². The van der Waals surface area contributed by atoms with Crippen molar-refractivity contribution in [2.45, 2.75) is 58.3 Å². The molecule has 1 saturated carbocycles. The lowest BCUT2D eigenvalue weighted by Gasteiger charge is -2.29. The van der Waals surface area contributed by atoms with Crippen LogP contribution >= 0.6 is 0 Å². The average Bonchev–Trinajstić information content (AvgIpc) is 2.94. The molecule has 0 atom stereocenters. The second-order valence-corrected chi connectivity index (χ2v) is 9.83. The molecule has 4 rings (SSSR count). The van der Waals surface area contributed by atoms with Gasteiger partial charge in [0.05, 0.1) is 19.8 Å². The summed E-state index contributed by atoms with van der Waals surface area (Å²) >= 11 is 0. The van der Waals surface area contributed by atoms with Gasteiger partial charge < -0.3 is 14.2 Å². The van der Waals surface area contributed by atoms with Gasteiger partial charge in [-0.2, -0.15) is 13.2 Å². The molecule has 0 unspecified atom stereocenters. The number of hydrogen-bond donors (Lipinski definition) is 0. The Morgan fingerprint density at radius 3 is 1.90 bits per heavy atom. The van der Waals surface area contributed by atoms with Crippen LogP contribution in [0, 0.1) is 35.0 Å². The number of unbranched alkanes of at least 4 members (excludes halogenated alkanes) is 1. The van der Waals surface area contributed by atoms with E-state index in [1.54, 1.807) is 13.0 Å². The minimum atomic E-state index is -1.15. The lowest BCUT2D eigenvalue weighted by Crippen LogP contribution is -2.20. The van der Waals surface area contributed by atoms with E-state index >= 15 is 4.39 Å². The van der Waals surface area contributed by atoms with Crippen LogP contribution in [0.25, 0.3) is 11.1 Å². The SMILES string of the molecule is CCCCOc1ccc(OCC2CCC(c3ccc(-c4ccc(OCC)c(F)c4F)c(F)c3)CC2)c(F)c1F. The van der Waals surface area contributed by atoms with Gasteiger partial charge in [-0.25, -0.2) is 8.78 Å². The molecule has 0 heterocycles. The van der Waals surface area contributed by atoms with Crippen molar-refractivity contribution in [3.8, 4) is 28.4 Å². The van der Waals surface area contributed by atoms with Crippen LogP contribution in [0.1, 0.15) is 63.9 Å². The fraction of sp³-hybridized carbons (Fsp3) is 0.419. The molecule has 210 valence electrons. The zero-order valence-electron chi connectivity index (χ0n) is 22.2. The maximum Gasteiger partial charge on any atom is 0.204 e. The summed E-state index contributed by atoms with van der Waals surface area (Å²) in [6.07, 6.45) is 4.71. The van der Waals surface area contributed by atoms with Gasteiger partial charge in [-0.05, 0) is 86.8 Å². The standard InChI is InChI=1S/C31H33F5O3/c1-3-5-16-38-26-14-15-27(31(36)30(26)35)39-18-19-6-8-20(9-7-19)21-10-11-22(24(32)17-21)23-12-13-25(37-4-2)29(34)28(23)33/h10-15,17,19-20H,3-9,16,18H2,1-2H3. The number of ether oxygens (including phenoxy) is 3. The zero-order valence-corrected chi connectivity index (χ0v) is 22.2. The predicted molar refractivity (Wildman–Crippen MR) is 140 cm³/mol. The van der Waals surface area contributed by atoms with Crippen LogP contribution in [0.3, 0.4) is 0 Å². The first-order valence-corrected chi connectivity index (χ1v) is 13.5. The number of halogens is 5. The summed E-state index contributed by atoms with van der Waals surface area (Å²) in [7, 11) is 0. The van der Waals surface area contributed by atoms with Gasteiger partial charge in [0.25, 0.3) is 0 Å². The Balaban J connectivity index is 1.34. The van der Waals surface area contributed by atoms with E-state index in [0.29, 0.717) is 6.61 Å². The average molecular weight is 549 g/mol. The van der Waals surface area contributed by atoms with Crippen LogP contribution in [-0.4, -0.2) is 19.8 Å². The minimum absolute atomic E-state index is 0.0173. The lowest BCUT2D eigenvalue weighted by molar-refractivity contribution is 0.191. The summed E-state index contributed by atoms with van der Waals surface area (Å²) in [6.45, 7) is 4.39. The largest absolute Gasteiger partial charge is 0.491 e. The molecule has 3 aromatic rings. The van der Waals surface area contributed by atoms with Gasteiger partial charge in [0.2, 0.25) is 17.5 Å². The maximum absolute atomic E-state index is 15.0. The van der Waals surface area contributed by atoms with Gasteiger partial charge in [0.1, 0.15) is 5.82 Å². The quantitative estimate of drug-likeness (QED) is 0.177. The van der Waals surface area contributed by atoms with Gasteiger partial charge in [-0.1, -0.05) is 25.5 Å². The molecule has 1 fully saturated rings. The van der Waals surface area contributed by atoms with Crippen molar-refractivity contribution in [3.05, 3.63) is 77.1 Å². The summed E-state index contributed by atoms with van der Waals surface area (Å²) in [4.78, 5) is 0. The molecule has 1 aliphatic rings. The van der Waals surface area contributed by atoms with E-state index in [-0.39, 0.29) is 53.4 Å². The normalized spacial score (nSPS) is 17.2. The molecule has 0 saturated heterocycles. The van der Waals surface area contributed by atoms with Crippen molar-refractivity contribution in [2.75, 3.05) is 19.8 Å². The third kappa shape index (κ3) is 6.65. The Morgan fingerprint density at radius 2 is 1.26 bits per heavy atom. The van der Waals surface area contributed by atoms with Gasteiger partial charge >= 0.3 is 0 Å². The highest BCUT2D eigenvalue weighted by molar-refractivity contribution is 5.66. The van der Waals surface area contributed by atoms with E-state index in [4.69, 9.17) is 14.2 Å². The van der Waals surface area contributed by atoms with Crippen molar-refractivity contribution in [2.24, 2.45) is 5.92 Å². The second kappa shape index (κ2) is 13.2. The van der Waals surface area contributed by atoms with Crippen LogP contribution in [0.15, 0.2) is 42.5 Å². The third-order valence-electron chi connectivity index (χ3n) is 7.19. The Morgan fingerprint density at radius 1 is 0.667 bits per heavy atom. The minimum Gasteiger partial charge on any atom is -0.491 e. The fourth-order valence-electron chi connectivity index (χ4n) is 4.94. The molecule has 3 nitrogen and oxygen atoms in total. The van der Waals surface area contributed by atoms with Crippen molar-refractivity contribution >= 4 is 0 Å². The first-order valence-electron chi connectivity index (χ1n) is 13.5. The summed E-state index contributed by atoms with van der Waals surface area (Å²) in [6, 6.07) is 9.98. The third-order valence-corrected chi connectivity index (χ3v) is 7.19. The van der Waals surface area contributed by atoms with Crippen LogP contribution in [0.5, 0.6) is 17.2 Å². The van der Waals surface area contributed by atoms with Crippen LogP contribution in [0.4, 0.5) is 22.0 Å². The molecule has 0 bridgehead atoms. The topological polar surface area (TPSA) is 27.7 Å². The Bertz CT molecular complexity index is 1270.